The van der Waals surface area contributed by atoms with Crippen LogP contribution in [0.15, 0.2) is 11.0 Å². The van der Waals surface area contributed by atoms with E-state index in [9.17, 15) is 4.79 Å². The van der Waals surface area contributed by atoms with E-state index in [-0.39, 0.29) is 10.6 Å². The molecule has 0 radical (unpaired) electrons. The Kier molecular flexibility index (Phi) is 5.36. The van der Waals surface area contributed by atoms with Gasteiger partial charge in [0.25, 0.3) is 5.56 Å². The summed E-state index contributed by atoms with van der Waals surface area (Å²) < 4.78 is 6.24. The highest BCUT2D eigenvalue weighted by Gasteiger charge is 2.16. The first-order valence-electron chi connectivity index (χ1n) is 6.56. The van der Waals surface area contributed by atoms with Crippen molar-refractivity contribution in [2.24, 2.45) is 0 Å². The molecule has 2 heterocycles. The fraction of sp³-hybridized carbons (Fsp3) is 0.667. The van der Waals surface area contributed by atoms with Crippen molar-refractivity contribution in [2.75, 3.05) is 52.4 Å². The molecule has 1 aromatic rings. The fourth-order valence-electron chi connectivity index (χ4n) is 1.97. The number of nitrogens with zero attached hydrogens (tertiary/aromatic N) is 4. The van der Waals surface area contributed by atoms with Gasteiger partial charge in [-0.05, 0) is 7.05 Å². The molecule has 0 unspecified atom stereocenters. The van der Waals surface area contributed by atoms with E-state index in [1.54, 1.807) is 13.3 Å². The lowest BCUT2D eigenvalue weighted by atomic mass is 10.4. The molecular formula is C12H20ClN5O2. The molecule has 2 rings (SSSR count). The second kappa shape index (κ2) is 7.03. The van der Waals surface area contributed by atoms with Crippen LogP contribution < -0.4 is 11.0 Å². The standard InChI is InChI=1S/C12H20ClN5O2/c1-16-3-5-17(6-4-16)15-10-9-14-18(7-8-20-2)12(19)11(10)13/h9,15H,3-8H2,1-2H3. The van der Waals surface area contributed by atoms with Crippen LogP contribution in [0.25, 0.3) is 0 Å². The highest BCUT2D eigenvalue weighted by molar-refractivity contribution is 6.32. The molecule has 0 saturated carbocycles. The van der Waals surface area contributed by atoms with E-state index >= 15 is 0 Å². The maximum absolute atomic E-state index is 12.0. The Morgan fingerprint density at radius 3 is 2.75 bits per heavy atom. The summed E-state index contributed by atoms with van der Waals surface area (Å²) >= 11 is 6.11. The van der Waals surface area contributed by atoms with Crippen molar-refractivity contribution in [1.29, 1.82) is 0 Å². The van der Waals surface area contributed by atoms with Gasteiger partial charge in [0.1, 0.15) is 5.02 Å². The van der Waals surface area contributed by atoms with Gasteiger partial charge in [-0.2, -0.15) is 5.10 Å². The van der Waals surface area contributed by atoms with E-state index in [0.29, 0.717) is 18.8 Å². The van der Waals surface area contributed by atoms with Gasteiger partial charge in [0.15, 0.2) is 0 Å². The van der Waals surface area contributed by atoms with Gasteiger partial charge in [0.05, 0.1) is 25.0 Å². The van der Waals surface area contributed by atoms with Gasteiger partial charge in [0, 0.05) is 33.3 Å². The Morgan fingerprint density at radius 2 is 2.10 bits per heavy atom. The molecular weight excluding hydrogens is 282 g/mol. The molecule has 1 saturated heterocycles. The van der Waals surface area contributed by atoms with Crippen LogP contribution in [-0.4, -0.2) is 66.6 Å². The monoisotopic (exact) mass is 301 g/mol. The molecule has 112 valence electrons. The zero-order valence-corrected chi connectivity index (χ0v) is 12.6. The van der Waals surface area contributed by atoms with Crippen molar-refractivity contribution in [3.63, 3.8) is 0 Å². The third-order valence-electron chi connectivity index (χ3n) is 3.27. The Balaban J connectivity index is 2.05. The lowest BCUT2D eigenvalue weighted by Crippen LogP contribution is -2.47. The van der Waals surface area contributed by atoms with Gasteiger partial charge in [-0.15, -0.1) is 0 Å². The fourth-order valence-corrected chi connectivity index (χ4v) is 2.16. The molecule has 8 heteroatoms. The quantitative estimate of drug-likeness (QED) is 0.833. The summed E-state index contributed by atoms with van der Waals surface area (Å²) in [6.45, 7) is 4.52. The molecule has 0 atom stereocenters. The first-order valence-corrected chi connectivity index (χ1v) is 6.94. The van der Waals surface area contributed by atoms with Crippen LogP contribution in [0.1, 0.15) is 0 Å². The first-order chi connectivity index (χ1) is 9.61. The normalized spacial score (nSPS) is 17.4. The lowest BCUT2D eigenvalue weighted by Gasteiger charge is -2.33. The number of rotatable bonds is 5. The molecule has 0 amide bonds. The highest BCUT2D eigenvalue weighted by Crippen LogP contribution is 2.16. The molecule has 20 heavy (non-hydrogen) atoms. The van der Waals surface area contributed by atoms with Crippen molar-refractivity contribution in [3.05, 3.63) is 21.6 Å². The number of piperazine rings is 1. The zero-order valence-electron chi connectivity index (χ0n) is 11.8. The van der Waals surface area contributed by atoms with Crippen LogP contribution in [-0.2, 0) is 11.3 Å². The molecule has 0 aliphatic carbocycles. The minimum absolute atomic E-state index is 0.162. The number of likely N-dealkylation sites (N-methyl/N-ethyl adjacent to an activating group) is 1. The van der Waals surface area contributed by atoms with E-state index in [2.05, 4.69) is 22.5 Å². The molecule has 1 aromatic heterocycles. The van der Waals surface area contributed by atoms with E-state index in [4.69, 9.17) is 16.3 Å². The number of methoxy groups -OCH3 is 1. The van der Waals surface area contributed by atoms with Crippen LogP contribution in [0.3, 0.4) is 0 Å². The van der Waals surface area contributed by atoms with Gasteiger partial charge in [-0.25, -0.2) is 9.69 Å². The molecule has 1 aliphatic heterocycles. The van der Waals surface area contributed by atoms with Crippen molar-refractivity contribution in [2.45, 2.75) is 6.54 Å². The number of aromatic nitrogens is 2. The summed E-state index contributed by atoms with van der Waals surface area (Å²) in [6.07, 6.45) is 1.58. The van der Waals surface area contributed by atoms with Gasteiger partial charge >= 0.3 is 0 Å². The minimum atomic E-state index is -0.303. The number of hydrogen-bond donors (Lipinski definition) is 1. The van der Waals surface area contributed by atoms with Crippen molar-refractivity contribution >= 4 is 17.3 Å². The predicted molar refractivity (Wildman–Crippen MR) is 78.1 cm³/mol. The minimum Gasteiger partial charge on any atom is -0.383 e. The van der Waals surface area contributed by atoms with E-state index < -0.39 is 0 Å². The van der Waals surface area contributed by atoms with E-state index in [0.717, 1.165) is 26.2 Å². The maximum Gasteiger partial charge on any atom is 0.287 e. The molecule has 1 aliphatic rings. The second-order valence-corrected chi connectivity index (χ2v) is 5.17. The topological polar surface area (TPSA) is 62.6 Å². The van der Waals surface area contributed by atoms with Crippen molar-refractivity contribution in [3.8, 4) is 0 Å². The number of hydrogen-bond acceptors (Lipinski definition) is 6. The van der Waals surface area contributed by atoms with Gasteiger partial charge in [0.2, 0.25) is 0 Å². The summed E-state index contributed by atoms with van der Waals surface area (Å²) in [5, 5.41) is 6.30. The third-order valence-corrected chi connectivity index (χ3v) is 3.64. The number of halogens is 1. The Bertz CT molecular complexity index is 499. The zero-order chi connectivity index (χ0) is 14.5. The molecule has 0 spiro atoms. The Hall–Kier alpha value is -1.15. The molecule has 0 aromatic carbocycles. The van der Waals surface area contributed by atoms with Gasteiger partial charge in [-0.1, -0.05) is 11.6 Å². The highest BCUT2D eigenvalue weighted by atomic mass is 35.5. The largest absolute Gasteiger partial charge is 0.383 e. The predicted octanol–water partition coefficient (Wildman–Crippen LogP) is 0.117. The number of nitrogens with one attached hydrogen (secondary N) is 1. The van der Waals surface area contributed by atoms with Gasteiger partial charge in [-0.3, -0.25) is 4.79 Å². The molecule has 7 nitrogen and oxygen atoms in total. The molecule has 0 bridgehead atoms. The molecule has 1 N–H and O–H groups in total. The van der Waals surface area contributed by atoms with Gasteiger partial charge < -0.3 is 15.1 Å². The second-order valence-electron chi connectivity index (χ2n) is 4.80. The summed E-state index contributed by atoms with van der Waals surface area (Å²) in [7, 11) is 3.67. The SMILES string of the molecule is COCCn1ncc(NN2CCN(C)CC2)c(Cl)c1=O. The van der Waals surface area contributed by atoms with Crippen LogP contribution >= 0.6 is 11.6 Å². The first kappa shape index (κ1) is 15.2. The van der Waals surface area contributed by atoms with E-state index in [1.807, 2.05) is 5.01 Å². The van der Waals surface area contributed by atoms with Crippen LogP contribution in [0.2, 0.25) is 5.02 Å². The number of anilines is 1. The van der Waals surface area contributed by atoms with Crippen LogP contribution in [0, 0.1) is 0 Å². The van der Waals surface area contributed by atoms with Crippen LogP contribution in [0.4, 0.5) is 5.69 Å². The van der Waals surface area contributed by atoms with E-state index in [1.165, 1.54) is 4.68 Å². The average molecular weight is 302 g/mol. The summed E-state index contributed by atoms with van der Waals surface area (Å²) in [5.41, 5.74) is 3.41. The smallest absolute Gasteiger partial charge is 0.287 e. The van der Waals surface area contributed by atoms with Crippen LogP contribution in [0.5, 0.6) is 0 Å². The summed E-state index contributed by atoms with van der Waals surface area (Å²) in [6, 6.07) is 0. The summed E-state index contributed by atoms with van der Waals surface area (Å²) in [5.74, 6) is 0. The third kappa shape index (κ3) is 3.69. The summed E-state index contributed by atoms with van der Waals surface area (Å²) in [4.78, 5) is 14.3. The van der Waals surface area contributed by atoms with Crippen molar-refractivity contribution in [1.82, 2.24) is 19.7 Å². The Labute approximate surface area is 123 Å². The maximum atomic E-state index is 12.0. The number of ether oxygens (including phenoxy) is 1. The van der Waals surface area contributed by atoms with Crippen molar-refractivity contribution < 1.29 is 4.74 Å². The lowest BCUT2D eigenvalue weighted by molar-refractivity contribution is 0.178. The molecule has 1 fully saturated rings. The Morgan fingerprint density at radius 1 is 1.40 bits per heavy atom. The number of hydrazine groups is 1. The average Bonchev–Trinajstić information content (AvgIpc) is 2.45.